The van der Waals surface area contributed by atoms with Gasteiger partial charge in [0.2, 0.25) is 5.88 Å². The maximum absolute atomic E-state index is 12.1. The zero-order chi connectivity index (χ0) is 16.9. The number of benzene rings is 1. The van der Waals surface area contributed by atoms with Crippen molar-refractivity contribution in [2.45, 2.75) is 19.4 Å². The number of nitrogens with one attached hydrogen (secondary N) is 2. The highest BCUT2D eigenvalue weighted by Gasteiger charge is 2.35. The molecule has 5 nitrogen and oxygen atoms in total. The number of methoxy groups -OCH3 is 1. The van der Waals surface area contributed by atoms with Gasteiger partial charge in [-0.2, -0.15) is 4.98 Å². The van der Waals surface area contributed by atoms with Crippen LogP contribution in [0.1, 0.15) is 40.9 Å². The van der Waals surface area contributed by atoms with Crippen molar-refractivity contribution < 1.29 is 9.53 Å². The van der Waals surface area contributed by atoms with E-state index >= 15 is 0 Å². The summed E-state index contributed by atoms with van der Waals surface area (Å²) in [5.41, 5.74) is 4.69. The largest absolute Gasteiger partial charge is 0.481 e. The number of fused-ring (bicyclic) bond motifs is 2. The molecule has 0 bridgehead atoms. The second-order valence-electron chi connectivity index (χ2n) is 6.59. The lowest BCUT2D eigenvalue weighted by molar-refractivity contribution is 0.0940. The van der Waals surface area contributed by atoms with Gasteiger partial charge in [-0.25, -0.2) is 0 Å². The predicted octanol–water partition coefficient (Wildman–Crippen LogP) is 2.93. The van der Waals surface area contributed by atoms with Crippen molar-refractivity contribution in [3.05, 3.63) is 58.7 Å². The van der Waals surface area contributed by atoms with Gasteiger partial charge in [-0.1, -0.05) is 12.1 Å². The van der Waals surface area contributed by atoms with Crippen LogP contribution in [-0.2, 0) is 5.54 Å². The third-order valence-corrected chi connectivity index (χ3v) is 4.62. The molecule has 2 aliphatic rings. The van der Waals surface area contributed by atoms with Gasteiger partial charge in [0.25, 0.3) is 5.91 Å². The number of anilines is 1. The van der Waals surface area contributed by atoms with Crippen LogP contribution in [0.25, 0.3) is 5.57 Å². The Kier molecular flexibility index (Phi) is 3.13. The summed E-state index contributed by atoms with van der Waals surface area (Å²) >= 11 is 0. The maximum atomic E-state index is 12.1. The van der Waals surface area contributed by atoms with E-state index < -0.39 is 0 Å². The Labute approximate surface area is 140 Å². The fourth-order valence-electron chi connectivity index (χ4n) is 3.39. The number of pyridine rings is 1. The summed E-state index contributed by atoms with van der Waals surface area (Å²) in [5, 5.41) is 6.30. The number of amides is 1. The molecule has 0 fully saturated rings. The second-order valence-corrected chi connectivity index (χ2v) is 6.59. The summed E-state index contributed by atoms with van der Waals surface area (Å²) in [6.45, 7) is 4.76. The van der Waals surface area contributed by atoms with Gasteiger partial charge >= 0.3 is 0 Å². The van der Waals surface area contributed by atoms with Gasteiger partial charge in [0.15, 0.2) is 0 Å². The van der Waals surface area contributed by atoms with E-state index in [1.165, 1.54) is 0 Å². The summed E-state index contributed by atoms with van der Waals surface area (Å²) in [7, 11) is 1.61. The molecule has 2 aliphatic heterocycles. The molecule has 24 heavy (non-hydrogen) atoms. The standard InChI is InChI=1S/C19H19N3O2/c1-19(2)15-10-11(4-5-14(15)18(23)22-19)12-8-9-20-17-13(12)6-7-16(21-17)24-3/h4-8,10H,9H2,1-3H3,(H,20,21)(H,22,23). The second kappa shape index (κ2) is 5.09. The first-order valence-corrected chi connectivity index (χ1v) is 7.96. The number of rotatable bonds is 2. The summed E-state index contributed by atoms with van der Waals surface area (Å²) in [6, 6.07) is 9.90. The Balaban J connectivity index is 1.82. The van der Waals surface area contributed by atoms with Crippen molar-refractivity contribution >= 4 is 17.3 Å². The Morgan fingerprint density at radius 1 is 1.17 bits per heavy atom. The van der Waals surface area contributed by atoms with Gasteiger partial charge < -0.3 is 15.4 Å². The Bertz CT molecular complexity index is 884. The number of carbonyl (C=O) groups is 1. The monoisotopic (exact) mass is 321 g/mol. The molecule has 122 valence electrons. The average molecular weight is 321 g/mol. The average Bonchev–Trinajstić information content (AvgIpc) is 2.82. The molecule has 2 N–H and O–H groups in total. The van der Waals surface area contributed by atoms with Crippen LogP contribution in [0.5, 0.6) is 5.88 Å². The van der Waals surface area contributed by atoms with Crippen molar-refractivity contribution in [1.29, 1.82) is 0 Å². The number of aromatic nitrogens is 1. The molecular formula is C19H19N3O2. The van der Waals surface area contributed by atoms with Crippen LogP contribution >= 0.6 is 0 Å². The van der Waals surface area contributed by atoms with Crippen molar-refractivity contribution in [1.82, 2.24) is 10.3 Å². The van der Waals surface area contributed by atoms with Gasteiger partial charge in [-0.3, -0.25) is 4.79 Å². The molecular weight excluding hydrogens is 302 g/mol. The molecule has 1 aromatic heterocycles. The first kappa shape index (κ1) is 14.8. The van der Waals surface area contributed by atoms with E-state index in [4.69, 9.17) is 4.74 Å². The highest BCUT2D eigenvalue weighted by Crippen LogP contribution is 2.37. The van der Waals surface area contributed by atoms with E-state index in [1.54, 1.807) is 7.11 Å². The van der Waals surface area contributed by atoms with Crippen LogP contribution in [0.15, 0.2) is 36.4 Å². The molecule has 0 saturated heterocycles. The van der Waals surface area contributed by atoms with Gasteiger partial charge in [0.05, 0.1) is 12.6 Å². The Hall–Kier alpha value is -2.82. The highest BCUT2D eigenvalue weighted by atomic mass is 16.5. The van der Waals surface area contributed by atoms with Gasteiger partial charge in [-0.15, -0.1) is 0 Å². The number of carbonyl (C=O) groups excluding carboxylic acids is 1. The van der Waals surface area contributed by atoms with Crippen molar-refractivity contribution in [2.24, 2.45) is 0 Å². The van der Waals surface area contributed by atoms with Crippen LogP contribution in [0.4, 0.5) is 5.82 Å². The van der Waals surface area contributed by atoms with Gasteiger partial charge in [0, 0.05) is 23.7 Å². The molecule has 0 unspecified atom stereocenters. The molecule has 0 aliphatic carbocycles. The van der Waals surface area contributed by atoms with Crippen LogP contribution in [0.3, 0.4) is 0 Å². The number of hydrogen-bond donors (Lipinski definition) is 2. The van der Waals surface area contributed by atoms with E-state index in [-0.39, 0.29) is 11.4 Å². The molecule has 5 heteroatoms. The molecule has 3 heterocycles. The summed E-state index contributed by atoms with van der Waals surface area (Å²) in [5.74, 6) is 1.40. The molecule has 1 amide bonds. The minimum atomic E-state index is -0.350. The van der Waals surface area contributed by atoms with Gasteiger partial charge in [0.1, 0.15) is 5.82 Å². The van der Waals surface area contributed by atoms with Crippen molar-refractivity contribution in [2.75, 3.05) is 19.0 Å². The summed E-state index contributed by atoms with van der Waals surface area (Å²) in [6.07, 6.45) is 2.15. The summed E-state index contributed by atoms with van der Waals surface area (Å²) < 4.78 is 5.20. The third-order valence-electron chi connectivity index (χ3n) is 4.62. The molecule has 0 saturated carbocycles. The predicted molar refractivity (Wildman–Crippen MR) is 93.3 cm³/mol. The Morgan fingerprint density at radius 3 is 2.75 bits per heavy atom. The van der Waals surface area contributed by atoms with Gasteiger partial charge in [-0.05, 0) is 48.7 Å². The first-order chi connectivity index (χ1) is 11.5. The van der Waals surface area contributed by atoms with Crippen molar-refractivity contribution in [3.63, 3.8) is 0 Å². The van der Waals surface area contributed by atoms with E-state index in [2.05, 4.69) is 27.8 Å². The minimum Gasteiger partial charge on any atom is -0.481 e. The van der Waals surface area contributed by atoms with E-state index in [9.17, 15) is 4.79 Å². The molecule has 0 radical (unpaired) electrons. The maximum Gasteiger partial charge on any atom is 0.252 e. The quantitative estimate of drug-likeness (QED) is 0.893. The van der Waals surface area contributed by atoms with E-state index in [0.29, 0.717) is 12.4 Å². The molecule has 0 atom stereocenters. The number of nitrogens with zero attached hydrogens (tertiary/aromatic N) is 1. The molecule has 1 aromatic carbocycles. The smallest absolute Gasteiger partial charge is 0.252 e. The molecule has 2 aromatic rings. The SMILES string of the molecule is COc1ccc2c(n1)NCC=C2c1ccc2c(c1)C(C)(C)NC2=O. The van der Waals surface area contributed by atoms with Crippen LogP contribution in [-0.4, -0.2) is 24.5 Å². The fraction of sp³-hybridized carbons (Fsp3) is 0.263. The lowest BCUT2D eigenvalue weighted by atomic mass is 9.88. The molecule has 4 rings (SSSR count). The zero-order valence-corrected chi connectivity index (χ0v) is 13.9. The van der Waals surface area contributed by atoms with Crippen LogP contribution < -0.4 is 15.4 Å². The van der Waals surface area contributed by atoms with E-state index in [0.717, 1.165) is 33.6 Å². The fourth-order valence-corrected chi connectivity index (χ4v) is 3.39. The number of ether oxygens (including phenoxy) is 1. The van der Waals surface area contributed by atoms with Crippen LogP contribution in [0.2, 0.25) is 0 Å². The van der Waals surface area contributed by atoms with E-state index in [1.807, 2.05) is 38.1 Å². The number of hydrogen-bond acceptors (Lipinski definition) is 4. The topological polar surface area (TPSA) is 63.2 Å². The first-order valence-electron chi connectivity index (χ1n) is 7.96. The lowest BCUT2D eigenvalue weighted by Crippen LogP contribution is -2.32. The highest BCUT2D eigenvalue weighted by molar-refractivity contribution is 6.00. The zero-order valence-electron chi connectivity index (χ0n) is 13.9. The third kappa shape index (κ3) is 2.16. The van der Waals surface area contributed by atoms with Crippen molar-refractivity contribution in [3.8, 4) is 5.88 Å². The lowest BCUT2D eigenvalue weighted by Gasteiger charge is -2.22. The minimum absolute atomic E-state index is 0.00681. The van der Waals surface area contributed by atoms with Crippen LogP contribution in [0, 0.1) is 0 Å². The Morgan fingerprint density at radius 2 is 1.96 bits per heavy atom. The normalized spacial score (nSPS) is 17.3. The molecule has 0 spiro atoms. The summed E-state index contributed by atoms with van der Waals surface area (Å²) in [4.78, 5) is 16.6.